The smallest absolute Gasteiger partial charge is 0.282 e. The lowest BCUT2D eigenvalue weighted by molar-refractivity contribution is -0.116. The Kier molecular flexibility index (Phi) is 6.79. The highest BCUT2D eigenvalue weighted by Crippen LogP contribution is 2.23. The molecule has 0 saturated carbocycles. The van der Waals surface area contributed by atoms with Crippen molar-refractivity contribution in [1.29, 1.82) is 0 Å². The molecular formula is C20H24ClN3O4S. The molecule has 1 saturated heterocycles. The first-order valence-corrected chi connectivity index (χ1v) is 11.0. The molecule has 0 bridgehead atoms. The summed E-state index contributed by atoms with van der Waals surface area (Å²) in [5, 5.41) is 3.25. The van der Waals surface area contributed by atoms with Crippen LogP contribution in [0.25, 0.3) is 0 Å². The average molecular weight is 438 g/mol. The van der Waals surface area contributed by atoms with Crippen molar-refractivity contribution in [3.8, 4) is 5.75 Å². The number of anilines is 1. The van der Waals surface area contributed by atoms with E-state index in [1.165, 1.54) is 8.61 Å². The zero-order valence-electron chi connectivity index (χ0n) is 16.4. The van der Waals surface area contributed by atoms with Gasteiger partial charge in [0.15, 0.2) is 0 Å². The second kappa shape index (κ2) is 9.13. The van der Waals surface area contributed by atoms with Crippen LogP contribution in [0.15, 0.2) is 42.5 Å². The Morgan fingerprint density at radius 3 is 2.69 bits per heavy atom. The molecule has 0 unspecified atom stereocenters. The second-order valence-electron chi connectivity index (χ2n) is 6.89. The average Bonchev–Trinajstić information content (AvgIpc) is 2.68. The molecule has 0 aromatic heterocycles. The molecule has 0 radical (unpaired) electrons. The van der Waals surface area contributed by atoms with Crippen LogP contribution >= 0.6 is 11.6 Å². The predicted molar refractivity (Wildman–Crippen MR) is 113 cm³/mol. The van der Waals surface area contributed by atoms with Gasteiger partial charge in [-0.1, -0.05) is 29.8 Å². The van der Waals surface area contributed by atoms with Crippen LogP contribution in [0.4, 0.5) is 5.69 Å². The molecule has 1 aliphatic rings. The molecule has 7 nitrogen and oxygen atoms in total. The predicted octanol–water partition coefficient (Wildman–Crippen LogP) is 3.05. The largest absolute Gasteiger partial charge is 0.497 e. The molecular weight excluding hydrogens is 414 g/mol. The van der Waals surface area contributed by atoms with Crippen molar-refractivity contribution in [2.24, 2.45) is 0 Å². The van der Waals surface area contributed by atoms with Crippen molar-refractivity contribution >= 4 is 33.4 Å². The fourth-order valence-corrected chi connectivity index (χ4v) is 5.00. The van der Waals surface area contributed by atoms with Gasteiger partial charge < -0.3 is 10.1 Å². The highest BCUT2D eigenvalue weighted by Gasteiger charge is 2.34. The number of carbonyl (C=O) groups is 1. The first-order valence-electron chi connectivity index (χ1n) is 9.24. The fourth-order valence-electron chi connectivity index (χ4n) is 3.19. The van der Waals surface area contributed by atoms with Crippen LogP contribution in [0, 0.1) is 6.92 Å². The molecule has 1 heterocycles. The number of nitrogens with zero attached hydrogens (tertiary/aromatic N) is 2. The maximum Gasteiger partial charge on any atom is 0.282 e. The number of hydrogen-bond donors (Lipinski definition) is 1. The monoisotopic (exact) mass is 437 g/mol. The van der Waals surface area contributed by atoms with Crippen LogP contribution < -0.4 is 10.1 Å². The summed E-state index contributed by atoms with van der Waals surface area (Å²) in [6.45, 7) is 2.54. The molecule has 1 fully saturated rings. The minimum Gasteiger partial charge on any atom is -0.497 e. The minimum atomic E-state index is -3.75. The second-order valence-corrected chi connectivity index (χ2v) is 9.25. The van der Waals surface area contributed by atoms with E-state index in [1.807, 2.05) is 31.2 Å². The van der Waals surface area contributed by atoms with Crippen LogP contribution in [0.2, 0.25) is 5.02 Å². The number of rotatable bonds is 6. The molecule has 2 aromatic rings. The van der Waals surface area contributed by atoms with Gasteiger partial charge in [-0.05, 0) is 48.7 Å². The molecule has 156 valence electrons. The number of hydrogen-bond acceptors (Lipinski definition) is 4. The molecule has 1 amide bonds. The van der Waals surface area contributed by atoms with Crippen LogP contribution in [0.5, 0.6) is 5.75 Å². The van der Waals surface area contributed by atoms with Crippen molar-refractivity contribution in [3.05, 3.63) is 58.6 Å². The molecule has 29 heavy (non-hydrogen) atoms. The van der Waals surface area contributed by atoms with Crippen molar-refractivity contribution in [3.63, 3.8) is 0 Å². The Balaban J connectivity index is 1.69. The minimum absolute atomic E-state index is 0.227. The number of ether oxygens (including phenoxy) is 1. The maximum atomic E-state index is 13.0. The first-order chi connectivity index (χ1) is 13.8. The van der Waals surface area contributed by atoms with Gasteiger partial charge in [-0.2, -0.15) is 17.0 Å². The molecule has 1 aliphatic heterocycles. The molecule has 1 N–H and O–H groups in total. The Labute approximate surface area is 176 Å². The van der Waals surface area contributed by atoms with E-state index >= 15 is 0 Å². The summed E-state index contributed by atoms with van der Waals surface area (Å²) in [5.41, 5.74) is 2.25. The summed E-state index contributed by atoms with van der Waals surface area (Å²) in [7, 11) is -2.18. The van der Waals surface area contributed by atoms with Gasteiger partial charge in [0.1, 0.15) is 5.75 Å². The standard InChI is InChI=1S/C20H24ClN3O4S/c1-15-7-8-17(21)12-19(15)22-20(25)14-24-10-4-9-23(29(24,26)27)13-16-5-3-6-18(11-16)28-2/h3,5-8,11-12H,4,9-10,13-14H2,1-2H3,(H,22,25). The summed E-state index contributed by atoms with van der Waals surface area (Å²) in [6, 6.07) is 12.5. The fraction of sp³-hybridized carbons (Fsp3) is 0.350. The lowest BCUT2D eigenvalue weighted by Gasteiger charge is -2.34. The summed E-state index contributed by atoms with van der Waals surface area (Å²) in [6.07, 6.45) is 0.646. The SMILES string of the molecule is COc1cccc(CN2CCCN(CC(=O)Nc3cc(Cl)ccc3C)S2(=O)=O)c1. The Bertz CT molecular complexity index is 997. The Hall–Kier alpha value is -2.13. The third-order valence-corrected chi connectivity index (χ3v) is 6.92. The Morgan fingerprint density at radius 2 is 1.93 bits per heavy atom. The van der Waals surface area contributed by atoms with Crippen LogP contribution in [0.3, 0.4) is 0 Å². The zero-order chi connectivity index (χ0) is 21.0. The summed E-state index contributed by atoms with van der Waals surface area (Å²) in [4.78, 5) is 12.5. The molecule has 0 atom stereocenters. The van der Waals surface area contributed by atoms with E-state index in [1.54, 1.807) is 25.3 Å². The zero-order valence-corrected chi connectivity index (χ0v) is 18.0. The van der Waals surface area contributed by atoms with Crippen molar-refractivity contribution in [1.82, 2.24) is 8.61 Å². The van der Waals surface area contributed by atoms with E-state index in [0.29, 0.717) is 36.0 Å². The van der Waals surface area contributed by atoms with Crippen molar-refractivity contribution < 1.29 is 17.9 Å². The quantitative estimate of drug-likeness (QED) is 0.753. The van der Waals surface area contributed by atoms with E-state index in [-0.39, 0.29) is 13.1 Å². The van der Waals surface area contributed by atoms with Crippen LogP contribution in [0.1, 0.15) is 17.5 Å². The van der Waals surface area contributed by atoms with Crippen LogP contribution in [-0.4, -0.2) is 49.7 Å². The lowest BCUT2D eigenvalue weighted by atomic mass is 10.2. The highest BCUT2D eigenvalue weighted by molar-refractivity contribution is 7.86. The van der Waals surface area contributed by atoms with E-state index in [9.17, 15) is 13.2 Å². The lowest BCUT2D eigenvalue weighted by Crippen LogP contribution is -2.51. The van der Waals surface area contributed by atoms with Gasteiger partial charge >= 0.3 is 0 Å². The number of methoxy groups -OCH3 is 1. The van der Waals surface area contributed by atoms with Gasteiger partial charge in [-0.25, -0.2) is 0 Å². The van der Waals surface area contributed by atoms with Gasteiger partial charge in [0, 0.05) is 30.3 Å². The normalized spacial score (nSPS) is 17.1. The van der Waals surface area contributed by atoms with Gasteiger partial charge in [0.05, 0.1) is 13.7 Å². The Morgan fingerprint density at radius 1 is 1.17 bits per heavy atom. The molecule has 3 rings (SSSR count). The topological polar surface area (TPSA) is 79.0 Å². The molecule has 9 heteroatoms. The maximum absolute atomic E-state index is 13.0. The number of benzene rings is 2. The van der Waals surface area contributed by atoms with Gasteiger partial charge in [0.2, 0.25) is 5.91 Å². The molecule has 2 aromatic carbocycles. The number of aryl methyl sites for hydroxylation is 1. The van der Waals surface area contributed by atoms with E-state index in [0.717, 1.165) is 11.1 Å². The van der Waals surface area contributed by atoms with Crippen molar-refractivity contribution in [2.45, 2.75) is 19.9 Å². The van der Waals surface area contributed by atoms with Gasteiger partial charge in [-0.3, -0.25) is 4.79 Å². The van der Waals surface area contributed by atoms with Crippen molar-refractivity contribution in [2.75, 3.05) is 32.1 Å². The third kappa shape index (κ3) is 5.27. The third-order valence-electron chi connectivity index (χ3n) is 4.75. The van der Waals surface area contributed by atoms with E-state index in [4.69, 9.17) is 16.3 Å². The molecule has 0 aliphatic carbocycles. The van der Waals surface area contributed by atoms with Crippen LogP contribution in [-0.2, 0) is 21.5 Å². The summed E-state index contributed by atoms with van der Waals surface area (Å²) < 4.78 is 33.8. The number of amides is 1. The van der Waals surface area contributed by atoms with E-state index in [2.05, 4.69) is 5.32 Å². The van der Waals surface area contributed by atoms with E-state index < -0.39 is 16.1 Å². The van der Waals surface area contributed by atoms with Gasteiger partial charge in [0.25, 0.3) is 10.2 Å². The highest BCUT2D eigenvalue weighted by atomic mass is 35.5. The summed E-state index contributed by atoms with van der Waals surface area (Å²) >= 11 is 5.98. The van der Waals surface area contributed by atoms with Gasteiger partial charge in [-0.15, -0.1) is 0 Å². The number of halogens is 1. The first kappa shape index (κ1) is 21.6. The summed E-state index contributed by atoms with van der Waals surface area (Å²) in [5.74, 6) is 0.271. The number of carbonyl (C=O) groups excluding carboxylic acids is 1. The molecule has 0 spiro atoms. The number of nitrogens with one attached hydrogen (secondary N) is 1.